The highest BCUT2D eigenvalue weighted by Crippen LogP contribution is 2.22. The lowest BCUT2D eigenvalue weighted by molar-refractivity contribution is -0.135. The van der Waals surface area contributed by atoms with Crippen LogP contribution >= 0.6 is 0 Å². The van der Waals surface area contributed by atoms with Gasteiger partial charge in [-0.2, -0.15) is 0 Å². The molecule has 0 unspecified atom stereocenters. The molecule has 126 valence electrons. The summed E-state index contributed by atoms with van der Waals surface area (Å²) in [4.78, 5) is 12.0. The first kappa shape index (κ1) is 20.7. The first-order valence-corrected chi connectivity index (χ1v) is 11.9. The van der Waals surface area contributed by atoms with Gasteiger partial charge in [-0.05, 0) is 24.6 Å². The molecule has 0 aliphatic heterocycles. The van der Waals surface area contributed by atoms with Crippen LogP contribution in [-0.4, -0.2) is 14.3 Å². The highest BCUT2D eigenvalue weighted by Gasteiger charge is 2.32. The second kappa shape index (κ2) is 13.4. The van der Waals surface area contributed by atoms with E-state index in [0.717, 1.165) is 24.6 Å². The summed E-state index contributed by atoms with van der Waals surface area (Å²) in [7, 11) is -1.72. The van der Waals surface area contributed by atoms with E-state index >= 15 is 0 Å². The average Bonchev–Trinajstić information content (AvgIpc) is 2.51. The number of hydrogen-bond donors (Lipinski definition) is 0. The smallest absolute Gasteiger partial charge is 0.292 e. The van der Waals surface area contributed by atoms with E-state index in [1.54, 1.807) is 0 Å². The molecule has 0 bridgehead atoms. The van der Waals surface area contributed by atoms with Gasteiger partial charge in [-0.25, -0.2) is 0 Å². The van der Waals surface area contributed by atoms with Gasteiger partial charge in [0.25, 0.3) is 14.3 Å². The molecule has 2 nitrogen and oxygen atoms in total. The maximum absolute atomic E-state index is 12.0. The number of rotatable bonds is 14. The maximum atomic E-state index is 12.0. The van der Waals surface area contributed by atoms with Crippen LogP contribution in [0.15, 0.2) is 0 Å². The fraction of sp³-hybridized carbons (Fsp3) is 0.944. The Bertz CT molecular complexity index is 241. The Morgan fingerprint density at radius 1 is 0.714 bits per heavy atom. The zero-order valence-corrected chi connectivity index (χ0v) is 16.0. The fourth-order valence-electron chi connectivity index (χ4n) is 2.84. The molecule has 0 radical (unpaired) electrons. The van der Waals surface area contributed by atoms with Gasteiger partial charge in [0.05, 0.1) is 0 Å². The van der Waals surface area contributed by atoms with Crippen molar-refractivity contribution in [2.75, 3.05) is 0 Å². The fourth-order valence-corrected chi connectivity index (χ4v) is 5.36. The lowest BCUT2D eigenvalue weighted by atomic mass is 10.1. The molecular formula is C18H38O2Si. The van der Waals surface area contributed by atoms with Gasteiger partial charge in [-0.1, -0.05) is 79.1 Å². The van der Waals surface area contributed by atoms with Crippen LogP contribution in [0.2, 0.25) is 18.1 Å². The van der Waals surface area contributed by atoms with E-state index in [1.165, 1.54) is 51.4 Å². The van der Waals surface area contributed by atoms with Gasteiger partial charge in [-0.15, -0.1) is 0 Å². The van der Waals surface area contributed by atoms with Crippen molar-refractivity contribution < 1.29 is 9.22 Å². The Kier molecular flexibility index (Phi) is 13.2. The van der Waals surface area contributed by atoms with Crippen molar-refractivity contribution in [3.8, 4) is 0 Å². The van der Waals surface area contributed by atoms with Gasteiger partial charge in [0.1, 0.15) is 0 Å². The van der Waals surface area contributed by atoms with Crippen molar-refractivity contribution in [2.45, 2.75) is 110 Å². The van der Waals surface area contributed by atoms with Crippen LogP contribution in [0, 0.1) is 0 Å². The minimum absolute atomic E-state index is 0.0650. The lowest BCUT2D eigenvalue weighted by Gasteiger charge is -2.27. The molecule has 0 rings (SSSR count). The van der Waals surface area contributed by atoms with E-state index in [1.807, 2.05) is 0 Å². The summed E-state index contributed by atoms with van der Waals surface area (Å²) >= 11 is 0. The quantitative estimate of drug-likeness (QED) is 0.272. The number of carbonyl (C=O) groups excluding carboxylic acids is 1. The van der Waals surface area contributed by atoms with Gasteiger partial charge < -0.3 is 4.43 Å². The SMILES string of the molecule is CCCCCCCCCCCC(=O)O[Si](CC)(CC)CC. The van der Waals surface area contributed by atoms with E-state index in [2.05, 4.69) is 27.7 Å². The van der Waals surface area contributed by atoms with E-state index in [0.29, 0.717) is 6.42 Å². The predicted octanol–water partition coefficient (Wildman–Crippen LogP) is 6.46. The minimum Gasteiger partial charge on any atom is -0.519 e. The first-order valence-electron chi connectivity index (χ1n) is 9.36. The topological polar surface area (TPSA) is 26.3 Å². The number of unbranched alkanes of at least 4 members (excludes halogenated alkanes) is 8. The van der Waals surface area contributed by atoms with Gasteiger partial charge in [0.15, 0.2) is 0 Å². The third kappa shape index (κ3) is 10.1. The van der Waals surface area contributed by atoms with Gasteiger partial charge in [0.2, 0.25) is 0 Å². The Labute approximate surface area is 134 Å². The molecule has 0 saturated carbocycles. The summed E-state index contributed by atoms with van der Waals surface area (Å²) in [5.74, 6) is 0.0650. The van der Waals surface area contributed by atoms with Gasteiger partial charge in [0, 0.05) is 6.42 Å². The largest absolute Gasteiger partial charge is 0.519 e. The van der Waals surface area contributed by atoms with Crippen molar-refractivity contribution in [1.29, 1.82) is 0 Å². The van der Waals surface area contributed by atoms with Crippen LogP contribution in [0.5, 0.6) is 0 Å². The molecule has 0 fully saturated rings. The van der Waals surface area contributed by atoms with E-state index in [-0.39, 0.29) is 5.97 Å². The second-order valence-corrected chi connectivity index (χ2v) is 11.0. The lowest BCUT2D eigenvalue weighted by Crippen LogP contribution is -2.38. The zero-order chi connectivity index (χ0) is 16.0. The second-order valence-electron chi connectivity index (χ2n) is 6.30. The molecule has 0 atom stereocenters. The molecule has 0 aromatic carbocycles. The molecule has 0 aliphatic carbocycles. The molecule has 21 heavy (non-hydrogen) atoms. The van der Waals surface area contributed by atoms with Crippen LogP contribution in [0.4, 0.5) is 0 Å². The van der Waals surface area contributed by atoms with Gasteiger partial charge in [-0.3, -0.25) is 4.79 Å². The number of carbonyl (C=O) groups is 1. The van der Waals surface area contributed by atoms with E-state index < -0.39 is 8.32 Å². The summed E-state index contributed by atoms with van der Waals surface area (Å²) in [6.45, 7) is 8.77. The van der Waals surface area contributed by atoms with Crippen molar-refractivity contribution in [1.82, 2.24) is 0 Å². The van der Waals surface area contributed by atoms with E-state index in [9.17, 15) is 4.79 Å². The molecule has 0 aromatic heterocycles. The summed E-state index contributed by atoms with van der Waals surface area (Å²) in [5.41, 5.74) is 0. The van der Waals surface area contributed by atoms with Crippen LogP contribution in [0.25, 0.3) is 0 Å². The third-order valence-electron chi connectivity index (χ3n) is 4.75. The highest BCUT2D eigenvalue weighted by atomic mass is 28.4. The monoisotopic (exact) mass is 314 g/mol. The molecule has 0 amide bonds. The molecule has 0 saturated heterocycles. The molecule has 0 N–H and O–H groups in total. The van der Waals surface area contributed by atoms with Gasteiger partial charge >= 0.3 is 0 Å². The Balaban J connectivity index is 3.58. The standard InChI is InChI=1S/C18H38O2Si/c1-5-9-10-11-12-13-14-15-16-17-18(19)20-21(6-2,7-3)8-4/h5-17H2,1-4H3. The summed E-state index contributed by atoms with van der Waals surface area (Å²) < 4.78 is 5.86. The maximum Gasteiger partial charge on any atom is 0.292 e. The Morgan fingerprint density at radius 3 is 1.57 bits per heavy atom. The minimum atomic E-state index is -1.72. The predicted molar refractivity (Wildman–Crippen MR) is 95.1 cm³/mol. The molecule has 0 aliphatic rings. The van der Waals surface area contributed by atoms with Crippen LogP contribution < -0.4 is 0 Å². The Morgan fingerprint density at radius 2 is 1.14 bits per heavy atom. The summed E-state index contributed by atoms with van der Waals surface area (Å²) in [5, 5.41) is 0. The third-order valence-corrected chi connectivity index (χ3v) is 9.27. The molecule has 0 aromatic rings. The molecule has 3 heteroatoms. The first-order chi connectivity index (χ1) is 10.1. The Hall–Kier alpha value is -0.313. The van der Waals surface area contributed by atoms with Crippen LogP contribution in [0.1, 0.15) is 91.9 Å². The van der Waals surface area contributed by atoms with Crippen LogP contribution in [-0.2, 0) is 9.22 Å². The summed E-state index contributed by atoms with van der Waals surface area (Å²) in [6, 6.07) is 3.18. The number of hydrogen-bond acceptors (Lipinski definition) is 2. The molecule has 0 spiro atoms. The summed E-state index contributed by atoms with van der Waals surface area (Å²) in [6.07, 6.45) is 12.3. The zero-order valence-electron chi connectivity index (χ0n) is 15.0. The van der Waals surface area contributed by atoms with Crippen molar-refractivity contribution in [2.24, 2.45) is 0 Å². The van der Waals surface area contributed by atoms with Crippen molar-refractivity contribution in [3.63, 3.8) is 0 Å². The molecule has 0 heterocycles. The van der Waals surface area contributed by atoms with Crippen LogP contribution in [0.3, 0.4) is 0 Å². The normalized spacial score (nSPS) is 11.6. The van der Waals surface area contributed by atoms with Crippen molar-refractivity contribution >= 4 is 14.3 Å². The molecular weight excluding hydrogens is 276 g/mol. The average molecular weight is 315 g/mol. The van der Waals surface area contributed by atoms with Crippen molar-refractivity contribution in [3.05, 3.63) is 0 Å². The highest BCUT2D eigenvalue weighted by molar-refractivity contribution is 6.74. The van der Waals surface area contributed by atoms with E-state index in [4.69, 9.17) is 4.43 Å².